The predicted octanol–water partition coefficient (Wildman–Crippen LogP) is 2.54. The van der Waals surface area contributed by atoms with Gasteiger partial charge in [0.2, 0.25) is 5.91 Å². The molecule has 1 atom stereocenters. The molecule has 1 rings (SSSR count). The molecule has 0 radical (unpaired) electrons. The number of carbonyl (C=O) groups is 2. The number of carbonyl (C=O) groups excluding carboxylic acids is 1. The molecule has 0 saturated heterocycles. The summed E-state index contributed by atoms with van der Waals surface area (Å²) < 4.78 is 0. The molecular weight excluding hydrogens is 262 g/mol. The molecule has 19 heavy (non-hydrogen) atoms. The van der Waals surface area contributed by atoms with Crippen molar-refractivity contribution in [2.75, 3.05) is 5.75 Å². The second kappa shape index (κ2) is 8.58. The third-order valence-corrected chi connectivity index (χ3v) is 3.79. The summed E-state index contributed by atoms with van der Waals surface area (Å²) in [6.45, 7) is 2.01. The Hall–Kier alpha value is -1.49. The summed E-state index contributed by atoms with van der Waals surface area (Å²) in [5.41, 5.74) is 0. The second-order valence-electron chi connectivity index (χ2n) is 4.19. The van der Waals surface area contributed by atoms with Gasteiger partial charge in [0.05, 0.1) is 6.42 Å². The van der Waals surface area contributed by atoms with E-state index in [0.717, 1.165) is 12.2 Å². The van der Waals surface area contributed by atoms with Crippen LogP contribution in [0.4, 0.5) is 0 Å². The summed E-state index contributed by atoms with van der Waals surface area (Å²) in [6.07, 6.45) is 0.759. The van der Waals surface area contributed by atoms with Crippen molar-refractivity contribution in [2.45, 2.75) is 37.1 Å². The van der Waals surface area contributed by atoms with E-state index in [0.29, 0.717) is 0 Å². The van der Waals surface area contributed by atoms with Crippen molar-refractivity contribution in [3.63, 3.8) is 0 Å². The molecule has 1 aromatic carbocycles. The van der Waals surface area contributed by atoms with Crippen LogP contribution in [0.3, 0.4) is 0 Å². The van der Waals surface area contributed by atoms with E-state index in [1.807, 2.05) is 37.3 Å². The Balaban J connectivity index is 2.33. The number of amides is 1. The number of benzene rings is 1. The molecule has 0 heterocycles. The first-order chi connectivity index (χ1) is 9.11. The Labute approximate surface area is 117 Å². The van der Waals surface area contributed by atoms with Gasteiger partial charge in [0, 0.05) is 23.1 Å². The molecule has 0 bridgehead atoms. The minimum atomic E-state index is -0.943. The van der Waals surface area contributed by atoms with Crippen LogP contribution in [0.2, 0.25) is 0 Å². The number of rotatable bonds is 8. The lowest BCUT2D eigenvalue weighted by molar-refractivity contribution is -0.138. The van der Waals surface area contributed by atoms with Gasteiger partial charge in [-0.2, -0.15) is 0 Å². The fourth-order valence-electron chi connectivity index (χ4n) is 1.50. The lowest BCUT2D eigenvalue weighted by Crippen LogP contribution is -2.36. The van der Waals surface area contributed by atoms with E-state index in [1.165, 1.54) is 4.90 Å². The van der Waals surface area contributed by atoms with Gasteiger partial charge in [-0.05, 0) is 18.6 Å². The quantitative estimate of drug-likeness (QED) is 0.719. The van der Waals surface area contributed by atoms with E-state index in [2.05, 4.69) is 5.32 Å². The SMILES string of the molecule is CCC(CSc1ccccc1)NC(=O)CCC(=O)O. The highest BCUT2D eigenvalue weighted by molar-refractivity contribution is 7.99. The fourth-order valence-corrected chi connectivity index (χ4v) is 2.56. The maximum Gasteiger partial charge on any atom is 0.303 e. The standard InChI is InChI=1S/C14H19NO3S/c1-2-11(15-13(16)8-9-14(17)18)10-19-12-6-4-3-5-7-12/h3-7,11H,2,8-10H2,1H3,(H,15,16)(H,17,18). The normalized spacial score (nSPS) is 11.8. The van der Waals surface area contributed by atoms with Gasteiger partial charge >= 0.3 is 5.97 Å². The number of aliphatic carboxylic acids is 1. The number of carboxylic acids is 1. The van der Waals surface area contributed by atoms with Gasteiger partial charge in [0.1, 0.15) is 0 Å². The lowest BCUT2D eigenvalue weighted by Gasteiger charge is -2.16. The molecule has 1 unspecified atom stereocenters. The van der Waals surface area contributed by atoms with Gasteiger partial charge in [-0.3, -0.25) is 9.59 Å². The molecule has 5 heteroatoms. The van der Waals surface area contributed by atoms with Crippen LogP contribution in [0.5, 0.6) is 0 Å². The van der Waals surface area contributed by atoms with E-state index < -0.39 is 5.97 Å². The molecule has 0 aliphatic carbocycles. The van der Waals surface area contributed by atoms with Crippen molar-refractivity contribution in [2.24, 2.45) is 0 Å². The molecule has 2 N–H and O–H groups in total. The van der Waals surface area contributed by atoms with Gasteiger partial charge in [-0.1, -0.05) is 25.1 Å². The smallest absolute Gasteiger partial charge is 0.303 e. The van der Waals surface area contributed by atoms with Gasteiger partial charge < -0.3 is 10.4 Å². The van der Waals surface area contributed by atoms with Gasteiger partial charge in [-0.25, -0.2) is 0 Å². The zero-order valence-corrected chi connectivity index (χ0v) is 11.8. The van der Waals surface area contributed by atoms with E-state index in [-0.39, 0.29) is 24.8 Å². The third-order valence-electron chi connectivity index (χ3n) is 2.62. The van der Waals surface area contributed by atoms with Crippen molar-refractivity contribution >= 4 is 23.6 Å². The average Bonchev–Trinajstić information content (AvgIpc) is 2.42. The van der Waals surface area contributed by atoms with Crippen molar-refractivity contribution < 1.29 is 14.7 Å². The molecule has 0 saturated carbocycles. The number of hydrogen-bond donors (Lipinski definition) is 2. The first-order valence-corrected chi connectivity index (χ1v) is 7.29. The van der Waals surface area contributed by atoms with Crippen LogP contribution in [0.1, 0.15) is 26.2 Å². The predicted molar refractivity (Wildman–Crippen MR) is 76.3 cm³/mol. The Kier molecular flexibility index (Phi) is 7.03. The first-order valence-electron chi connectivity index (χ1n) is 6.30. The minimum absolute atomic E-state index is 0.0435. The molecule has 0 aliphatic rings. The van der Waals surface area contributed by atoms with E-state index in [9.17, 15) is 9.59 Å². The molecule has 0 spiro atoms. The summed E-state index contributed by atoms with van der Waals surface area (Å²) in [7, 11) is 0. The highest BCUT2D eigenvalue weighted by Gasteiger charge is 2.12. The fraction of sp³-hybridized carbons (Fsp3) is 0.429. The van der Waals surface area contributed by atoms with Crippen LogP contribution < -0.4 is 5.32 Å². The van der Waals surface area contributed by atoms with Crippen LogP contribution in [-0.2, 0) is 9.59 Å². The van der Waals surface area contributed by atoms with Gasteiger partial charge in [0.15, 0.2) is 0 Å². The van der Waals surface area contributed by atoms with E-state index in [4.69, 9.17) is 5.11 Å². The summed E-state index contributed by atoms with van der Waals surface area (Å²) in [5, 5.41) is 11.4. The Morgan fingerprint density at radius 3 is 2.53 bits per heavy atom. The minimum Gasteiger partial charge on any atom is -0.481 e. The molecule has 104 valence electrons. The van der Waals surface area contributed by atoms with Crippen LogP contribution in [0, 0.1) is 0 Å². The van der Waals surface area contributed by atoms with Crippen LogP contribution >= 0.6 is 11.8 Å². The molecule has 0 aliphatic heterocycles. The monoisotopic (exact) mass is 281 g/mol. The second-order valence-corrected chi connectivity index (χ2v) is 5.28. The van der Waals surface area contributed by atoms with Gasteiger partial charge in [0.25, 0.3) is 0 Å². The molecular formula is C14H19NO3S. The van der Waals surface area contributed by atoms with Crippen molar-refractivity contribution in [3.05, 3.63) is 30.3 Å². The number of thioether (sulfide) groups is 1. The summed E-state index contributed by atoms with van der Waals surface area (Å²) in [5.74, 6) is -0.343. The van der Waals surface area contributed by atoms with Crippen molar-refractivity contribution in [1.29, 1.82) is 0 Å². The van der Waals surface area contributed by atoms with Crippen LogP contribution in [0.15, 0.2) is 35.2 Å². The highest BCUT2D eigenvalue weighted by atomic mass is 32.2. The average molecular weight is 281 g/mol. The summed E-state index contributed by atoms with van der Waals surface area (Å²) in [4.78, 5) is 23.1. The van der Waals surface area contributed by atoms with Crippen molar-refractivity contribution in [3.8, 4) is 0 Å². The zero-order chi connectivity index (χ0) is 14.1. The Morgan fingerprint density at radius 1 is 1.26 bits per heavy atom. The molecule has 0 fully saturated rings. The Bertz CT molecular complexity index is 408. The number of carboxylic acid groups (broad SMARTS) is 1. The first kappa shape index (κ1) is 15.6. The summed E-state index contributed by atoms with van der Waals surface area (Å²) in [6, 6.07) is 10.1. The molecule has 1 aromatic rings. The molecule has 1 amide bonds. The summed E-state index contributed by atoms with van der Waals surface area (Å²) >= 11 is 1.69. The largest absolute Gasteiger partial charge is 0.481 e. The Morgan fingerprint density at radius 2 is 1.95 bits per heavy atom. The van der Waals surface area contributed by atoms with Crippen LogP contribution in [-0.4, -0.2) is 28.8 Å². The molecule has 0 aromatic heterocycles. The third kappa shape index (κ3) is 6.86. The topological polar surface area (TPSA) is 66.4 Å². The zero-order valence-electron chi connectivity index (χ0n) is 11.0. The lowest BCUT2D eigenvalue weighted by atomic mass is 10.2. The van der Waals surface area contributed by atoms with E-state index >= 15 is 0 Å². The maximum atomic E-state index is 11.5. The number of nitrogens with one attached hydrogen (secondary N) is 1. The van der Waals surface area contributed by atoms with Crippen molar-refractivity contribution in [1.82, 2.24) is 5.32 Å². The highest BCUT2D eigenvalue weighted by Crippen LogP contribution is 2.18. The van der Waals surface area contributed by atoms with Crippen LogP contribution in [0.25, 0.3) is 0 Å². The van der Waals surface area contributed by atoms with Gasteiger partial charge in [-0.15, -0.1) is 11.8 Å². The molecule has 4 nitrogen and oxygen atoms in total. The number of hydrogen-bond acceptors (Lipinski definition) is 3. The van der Waals surface area contributed by atoms with E-state index in [1.54, 1.807) is 11.8 Å². The maximum absolute atomic E-state index is 11.5.